The largest absolute Gasteiger partial charge is 0.465 e. The molecule has 0 saturated carbocycles. The van der Waals surface area contributed by atoms with Crippen LogP contribution in [0.3, 0.4) is 0 Å². The number of hydrogen-bond donors (Lipinski definition) is 2. The summed E-state index contributed by atoms with van der Waals surface area (Å²) in [4.78, 5) is 23.4. The lowest BCUT2D eigenvalue weighted by atomic mass is 10.1. The molecular formula is C11H18ClN5O3. The van der Waals surface area contributed by atoms with Crippen molar-refractivity contribution in [3.8, 4) is 0 Å². The molecular weight excluding hydrogens is 286 g/mol. The fourth-order valence-electron chi connectivity index (χ4n) is 2.05. The van der Waals surface area contributed by atoms with Gasteiger partial charge in [-0.15, -0.1) is 17.5 Å². The van der Waals surface area contributed by atoms with Crippen LogP contribution in [0.5, 0.6) is 0 Å². The normalized spacial score (nSPS) is 18.4. The minimum atomic E-state index is -0.883. The fraction of sp³-hybridized carbons (Fsp3) is 0.636. The predicted octanol–water partition coefficient (Wildman–Crippen LogP) is 0.244. The second-order valence-corrected chi connectivity index (χ2v) is 4.59. The number of nitrogens with one attached hydrogen (secondary N) is 1. The van der Waals surface area contributed by atoms with Crippen LogP contribution in [0, 0.1) is 0 Å². The first-order chi connectivity index (χ1) is 9.06. The summed E-state index contributed by atoms with van der Waals surface area (Å²) in [5, 5.41) is 19.8. The van der Waals surface area contributed by atoms with Gasteiger partial charge in [0.1, 0.15) is 5.69 Å². The molecule has 1 amide bonds. The maximum Gasteiger partial charge on any atom is 0.407 e. The molecule has 2 N–H and O–H groups in total. The van der Waals surface area contributed by atoms with Gasteiger partial charge in [0.25, 0.3) is 0 Å². The van der Waals surface area contributed by atoms with E-state index in [0.29, 0.717) is 31.9 Å². The first-order valence-electron chi connectivity index (χ1n) is 6.18. The topological polar surface area (TPSA) is 100 Å². The van der Waals surface area contributed by atoms with Crippen LogP contribution < -0.4 is 5.32 Å². The van der Waals surface area contributed by atoms with E-state index in [-0.39, 0.29) is 24.2 Å². The average molecular weight is 304 g/mol. The van der Waals surface area contributed by atoms with Gasteiger partial charge in [-0.1, -0.05) is 5.21 Å². The van der Waals surface area contributed by atoms with Gasteiger partial charge in [0.05, 0.1) is 6.20 Å². The van der Waals surface area contributed by atoms with Crippen LogP contribution in [0.15, 0.2) is 6.20 Å². The summed E-state index contributed by atoms with van der Waals surface area (Å²) in [6, 6.07) is 0.106. The van der Waals surface area contributed by atoms with E-state index < -0.39 is 6.09 Å². The lowest BCUT2D eigenvalue weighted by molar-refractivity contribution is 0.101. The van der Waals surface area contributed by atoms with Gasteiger partial charge in [0.2, 0.25) is 0 Å². The van der Waals surface area contributed by atoms with Crippen LogP contribution in [0.1, 0.15) is 23.8 Å². The number of Topliss-reactive ketones (excluding diaryl/α,β-unsaturated/α-hetero) is 1. The maximum atomic E-state index is 11.1. The monoisotopic (exact) mass is 303 g/mol. The van der Waals surface area contributed by atoms with Crippen molar-refractivity contribution >= 4 is 24.3 Å². The number of rotatable bonds is 4. The van der Waals surface area contributed by atoms with E-state index in [1.165, 1.54) is 11.8 Å². The Kier molecular flexibility index (Phi) is 5.90. The fourth-order valence-corrected chi connectivity index (χ4v) is 2.05. The molecule has 2 heterocycles. The first-order valence-corrected chi connectivity index (χ1v) is 6.18. The number of carbonyl (C=O) groups excluding carboxylic acids is 1. The molecule has 112 valence electrons. The highest BCUT2D eigenvalue weighted by Gasteiger charge is 2.22. The highest BCUT2D eigenvalue weighted by Crippen LogP contribution is 2.05. The molecule has 1 saturated heterocycles. The third-order valence-corrected chi connectivity index (χ3v) is 3.13. The van der Waals surface area contributed by atoms with E-state index >= 15 is 0 Å². The molecule has 20 heavy (non-hydrogen) atoms. The SMILES string of the molecule is CC(=O)c1cn(CCC2CN(C(=O)O)CCN2)nn1.Cl. The summed E-state index contributed by atoms with van der Waals surface area (Å²) >= 11 is 0. The van der Waals surface area contributed by atoms with Crippen molar-refractivity contribution in [1.82, 2.24) is 25.2 Å². The maximum absolute atomic E-state index is 11.1. The molecule has 1 atom stereocenters. The molecule has 1 unspecified atom stereocenters. The minimum Gasteiger partial charge on any atom is -0.465 e. The van der Waals surface area contributed by atoms with Crippen molar-refractivity contribution in [3.63, 3.8) is 0 Å². The lowest BCUT2D eigenvalue weighted by Gasteiger charge is -2.31. The molecule has 1 aliphatic rings. The Morgan fingerprint density at radius 2 is 2.30 bits per heavy atom. The summed E-state index contributed by atoms with van der Waals surface area (Å²) in [7, 11) is 0. The number of amides is 1. The zero-order chi connectivity index (χ0) is 13.8. The summed E-state index contributed by atoms with van der Waals surface area (Å²) in [5.74, 6) is -0.112. The third-order valence-electron chi connectivity index (χ3n) is 3.13. The van der Waals surface area contributed by atoms with Gasteiger partial charge in [-0.2, -0.15) is 0 Å². The Morgan fingerprint density at radius 3 is 2.90 bits per heavy atom. The Morgan fingerprint density at radius 1 is 1.55 bits per heavy atom. The summed E-state index contributed by atoms with van der Waals surface area (Å²) < 4.78 is 1.61. The van der Waals surface area contributed by atoms with E-state index in [1.807, 2.05) is 0 Å². The Hall–Kier alpha value is -1.67. The van der Waals surface area contributed by atoms with Crippen molar-refractivity contribution in [2.24, 2.45) is 0 Å². The number of carbonyl (C=O) groups is 2. The Labute approximate surface area is 122 Å². The summed E-state index contributed by atoms with van der Waals surface area (Å²) in [6.45, 7) is 3.70. The number of halogens is 1. The molecule has 2 rings (SSSR count). The van der Waals surface area contributed by atoms with Crippen molar-refractivity contribution in [3.05, 3.63) is 11.9 Å². The minimum absolute atomic E-state index is 0. The number of ketones is 1. The van der Waals surface area contributed by atoms with Gasteiger partial charge in [0.15, 0.2) is 5.78 Å². The van der Waals surface area contributed by atoms with Gasteiger partial charge in [0, 0.05) is 39.1 Å². The van der Waals surface area contributed by atoms with Crippen LogP contribution in [0.4, 0.5) is 4.79 Å². The van der Waals surface area contributed by atoms with Crippen molar-refractivity contribution in [2.75, 3.05) is 19.6 Å². The van der Waals surface area contributed by atoms with Crippen LogP contribution >= 0.6 is 12.4 Å². The lowest BCUT2D eigenvalue weighted by Crippen LogP contribution is -2.52. The number of aryl methyl sites for hydroxylation is 1. The zero-order valence-electron chi connectivity index (χ0n) is 11.2. The predicted molar refractivity (Wildman–Crippen MR) is 73.3 cm³/mol. The van der Waals surface area contributed by atoms with Crippen molar-refractivity contribution < 1.29 is 14.7 Å². The molecule has 9 heteroatoms. The molecule has 1 aromatic rings. The van der Waals surface area contributed by atoms with Crippen LogP contribution in [-0.4, -0.2) is 62.6 Å². The molecule has 0 aromatic carbocycles. The second kappa shape index (κ2) is 7.20. The van der Waals surface area contributed by atoms with Gasteiger partial charge in [-0.3, -0.25) is 9.48 Å². The van der Waals surface area contributed by atoms with Gasteiger partial charge >= 0.3 is 6.09 Å². The quantitative estimate of drug-likeness (QED) is 0.773. The van der Waals surface area contributed by atoms with Crippen LogP contribution in [0.2, 0.25) is 0 Å². The first kappa shape index (κ1) is 16.4. The smallest absolute Gasteiger partial charge is 0.407 e. The summed E-state index contributed by atoms with van der Waals surface area (Å²) in [6.07, 6.45) is 1.47. The highest BCUT2D eigenvalue weighted by molar-refractivity contribution is 5.91. The molecule has 0 aliphatic carbocycles. The van der Waals surface area contributed by atoms with Gasteiger partial charge < -0.3 is 15.3 Å². The van der Waals surface area contributed by atoms with Crippen LogP contribution in [0.25, 0.3) is 0 Å². The Bertz CT molecular complexity index is 478. The van der Waals surface area contributed by atoms with Crippen molar-refractivity contribution in [2.45, 2.75) is 25.9 Å². The molecule has 0 spiro atoms. The zero-order valence-corrected chi connectivity index (χ0v) is 12.0. The second-order valence-electron chi connectivity index (χ2n) is 4.59. The van der Waals surface area contributed by atoms with E-state index in [4.69, 9.17) is 5.11 Å². The molecule has 0 radical (unpaired) electrons. The summed E-state index contributed by atoms with van der Waals surface area (Å²) in [5.41, 5.74) is 0.351. The number of hydrogen-bond acceptors (Lipinski definition) is 5. The number of piperazine rings is 1. The van der Waals surface area contributed by atoms with E-state index in [1.54, 1.807) is 10.9 Å². The molecule has 0 bridgehead atoms. The number of carboxylic acid groups (broad SMARTS) is 1. The third kappa shape index (κ3) is 4.17. The average Bonchev–Trinajstić information content (AvgIpc) is 2.85. The van der Waals surface area contributed by atoms with E-state index in [2.05, 4.69) is 15.6 Å². The number of aromatic nitrogens is 3. The van der Waals surface area contributed by atoms with E-state index in [9.17, 15) is 9.59 Å². The molecule has 8 nitrogen and oxygen atoms in total. The number of nitrogens with zero attached hydrogens (tertiary/aromatic N) is 4. The molecule has 1 aliphatic heterocycles. The molecule has 1 fully saturated rings. The molecule has 1 aromatic heterocycles. The van der Waals surface area contributed by atoms with Gasteiger partial charge in [-0.05, 0) is 6.42 Å². The standard InChI is InChI=1S/C11H17N5O3.ClH/c1-8(17)10-7-16(14-13-10)4-2-9-6-15(11(18)19)5-3-12-9;/h7,9,12H,2-6H2,1H3,(H,18,19);1H. The highest BCUT2D eigenvalue weighted by atomic mass is 35.5. The Balaban J connectivity index is 0.00000200. The van der Waals surface area contributed by atoms with Gasteiger partial charge in [-0.25, -0.2) is 4.79 Å². The van der Waals surface area contributed by atoms with E-state index in [0.717, 1.165) is 6.42 Å². The van der Waals surface area contributed by atoms with Crippen molar-refractivity contribution in [1.29, 1.82) is 0 Å². The van der Waals surface area contributed by atoms with Crippen LogP contribution in [-0.2, 0) is 6.54 Å².